The van der Waals surface area contributed by atoms with Crippen LogP contribution < -0.4 is 9.47 Å². The molecule has 1 aromatic carbocycles. The lowest BCUT2D eigenvalue weighted by Gasteiger charge is -2.26. The molecule has 2 rings (SSSR count). The predicted molar refractivity (Wildman–Crippen MR) is 86.6 cm³/mol. The van der Waals surface area contributed by atoms with Crippen LogP contribution in [0.3, 0.4) is 0 Å². The van der Waals surface area contributed by atoms with E-state index in [4.69, 9.17) is 14.6 Å². The van der Waals surface area contributed by atoms with Crippen LogP contribution in [0.2, 0.25) is 0 Å². The molecule has 0 aromatic heterocycles. The zero-order chi connectivity index (χ0) is 18.7. The zero-order valence-electron chi connectivity index (χ0n) is 14.1. The molecule has 0 spiro atoms. The molecule has 25 heavy (non-hydrogen) atoms. The summed E-state index contributed by atoms with van der Waals surface area (Å²) in [7, 11) is 2.92. The van der Waals surface area contributed by atoms with Crippen molar-refractivity contribution in [3.63, 3.8) is 0 Å². The predicted octanol–water partition coefficient (Wildman–Crippen LogP) is 1.46. The van der Waals surface area contributed by atoms with Crippen LogP contribution in [0.5, 0.6) is 11.5 Å². The summed E-state index contributed by atoms with van der Waals surface area (Å²) in [6.45, 7) is 1.10. The van der Waals surface area contributed by atoms with Gasteiger partial charge in [-0.1, -0.05) is 6.07 Å². The molecule has 1 aliphatic rings. The molecule has 0 saturated heterocycles. The number of nitrogens with zero attached hydrogens (tertiary/aromatic N) is 1. The third-order valence-electron chi connectivity index (χ3n) is 3.97. The van der Waals surface area contributed by atoms with E-state index in [1.165, 1.54) is 26.0 Å². The normalized spacial score (nSPS) is 17.0. The minimum absolute atomic E-state index is 0.0670. The maximum Gasteiger partial charge on any atom is 0.305 e. The van der Waals surface area contributed by atoms with E-state index < -0.39 is 29.5 Å². The Balaban J connectivity index is 2.52. The van der Waals surface area contributed by atoms with Crippen molar-refractivity contribution < 1.29 is 34.1 Å². The molecule has 1 aromatic rings. The highest BCUT2D eigenvalue weighted by atomic mass is 16.5. The van der Waals surface area contributed by atoms with Crippen LogP contribution in [0.25, 0.3) is 0 Å². The van der Waals surface area contributed by atoms with Gasteiger partial charge in [-0.3, -0.25) is 14.4 Å². The molecule has 0 fully saturated rings. The second kappa shape index (κ2) is 7.25. The van der Waals surface area contributed by atoms with E-state index in [1.54, 1.807) is 18.2 Å². The Morgan fingerprint density at radius 2 is 1.84 bits per heavy atom. The van der Waals surface area contributed by atoms with Crippen LogP contribution in [-0.4, -0.2) is 53.5 Å². The fourth-order valence-electron chi connectivity index (χ4n) is 2.83. The quantitative estimate of drug-likeness (QED) is 0.766. The van der Waals surface area contributed by atoms with Crippen LogP contribution in [-0.2, 0) is 14.4 Å². The number of ether oxygens (including phenoxy) is 2. The van der Waals surface area contributed by atoms with Crippen molar-refractivity contribution in [1.29, 1.82) is 0 Å². The molecular formula is C17H19NO7. The molecular weight excluding hydrogens is 330 g/mol. The number of hydrogen-bond acceptors (Lipinski definition) is 6. The number of carboxylic acid groups (broad SMARTS) is 1. The van der Waals surface area contributed by atoms with Gasteiger partial charge in [0.1, 0.15) is 0 Å². The summed E-state index contributed by atoms with van der Waals surface area (Å²) in [6.07, 6.45) is -0.312. The van der Waals surface area contributed by atoms with E-state index in [0.717, 1.165) is 0 Å². The number of aliphatic hydroxyl groups is 1. The number of aliphatic hydroxyl groups excluding tert-OH is 1. The van der Waals surface area contributed by atoms with Crippen molar-refractivity contribution in [2.45, 2.75) is 19.4 Å². The zero-order valence-corrected chi connectivity index (χ0v) is 14.1. The monoisotopic (exact) mass is 349 g/mol. The third kappa shape index (κ3) is 3.42. The highest BCUT2D eigenvalue weighted by Gasteiger charge is 2.42. The van der Waals surface area contributed by atoms with Crippen LogP contribution in [0.4, 0.5) is 0 Å². The summed E-state index contributed by atoms with van der Waals surface area (Å²) in [5.74, 6) is -2.13. The number of benzene rings is 1. The van der Waals surface area contributed by atoms with Crippen LogP contribution in [0.15, 0.2) is 29.5 Å². The molecule has 1 atom stereocenters. The lowest BCUT2D eigenvalue weighted by molar-refractivity contribution is -0.138. The Labute approximate surface area is 144 Å². The Morgan fingerprint density at radius 3 is 2.36 bits per heavy atom. The standard InChI is InChI=1S/C17H19NO7/c1-9(19)14-15(10-4-5-11(24-2)12(8-10)25-3)18(7-6-13(20)21)17(23)16(14)22/h4-5,8,15,22H,6-7H2,1-3H3,(H,20,21)/t15-/m0/s1. The maximum atomic E-state index is 12.3. The van der Waals surface area contributed by atoms with E-state index in [9.17, 15) is 19.5 Å². The summed E-state index contributed by atoms with van der Waals surface area (Å²) in [5.41, 5.74) is 0.438. The Bertz CT molecular complexity index is 753. The van der Waals surface area contributed by atoms with Crippen molar-refractivity contribution >= 4 is 17.7 Å². The topological polar surface area (TPSA) is 113 Å². The summed E-state index contributed by atoms with van der Waals surface area (Å²) in [5, 5.41) is 19.0. The van der Waals surface area contributed by atoms with Crippen molar-refractivity contribution in [1.82, 2.24) is 4.90 Å². The van der Waals surface area contributed by atoms with Crippen LogP contribution in [0, 0.1) is 0 Å². The summed E-state index contributed by atoms with van der Waals surface area (Å²) in [4.78, 5) is 36.3. The Morgan fingerprint density at radius 1 is 1.20 bits per heavy atom. The van der Waals surface area contributed by atoms with Gasteiger partial charge < -0.3 is 24.6 Å². The van der Waals surface area contributed by atoms with Gasteiger partial charge in [0, 0.05) is 6.54 Å². The molecule has 1 amide bonds. The van der Waals surface area contributed by atoms with Gasteiger partial charge in [-0.2, -0.15) is 0 Å². The highest BCUT2D eigenvalue weighted by Crippen LogP contribution is 2.40. The number of carbonyl (C=O) groups excluding carboxylic acids is 2. The van der Waals surface area contributed by atoms with Crippen LogP contribution >= 0.6 is 0 Å². The second-order valence-electron chi connectivity index (χ2n) is 5.48. The summed E-state index contributed by atoms with van der Waals surface area (Å²) in [6, 6.07) is 3.95. The average Bonchev–Trinajstić information content (AvgIpc) is 2.83. The maximum absolute atomic E-state index is 12.3. The summed E-state index contributed by atoms with van der Waals surface area (Å²) >= 11 is 0. The number of amides is 1. The lowest BCUT2D eigenvalue weighted by Crippen LogP contribution is -2.33. The largest absolute Gasteiger partial charge is 0.503 e. The van der Waals surface area contributed by atoms with Gasteiger partial charge in [0.25, 0.3) is 5.91 Å². The Kier molecular flexibility index (Phi) is 5.31. The number of aliphatic carboxylic acids is 1. The smallest absolute Gasteiger partial charge is 0.305 e. The van der Waals surface area contributed by atoms with Crippen LogP contribution in [0.1, 0.15) is 24.9 Å². The number of ketones is 1. The number of rotatable bonds is 7. The molecule has 2 N–H and O–H groups in total. The van der Waals surface area contributed by atoms with Gasteiger partial charge in [-0.15, -0.1) is 0 Å². The molecule has 0 radical (unpaired) electrons. The molecule has 8 nitrogen and oxygen atoms in total. The molecule has 134 valence electrons. The molecule has 0 unspecified atom stereocenters. The second-order valence-corrected chi connectivity index (χ2v) is 5.48. The average molecular weight is 349 g/mol. The van der Waals surface area contributed by atoms with Gasteiger partial charge in [0.15, 0.2) is 23.0 Å². The van der Waals surface area contributed by atoms with Crippen molar-refractivity contribution in [2.24, 2.45) is 0 Å². The number of Topliss-reactive ketones (excluding diaryl/α,β-unsaturated/α-hetero) is 1. The van der Waals surface area contributed by atoms with Crippen molar-refractivity contribution in [3.05, 3.63) is 35.1 Å². The molecule has 0 aliphatic carbocycles. The number of methoxy groups -OCH3 is 2. The minimum atomic E-state index is -1.09. The van der Waals surface area contributed by atoms with Crippen molar-refractivity contribution in [3.8, 4) is 11.5 Å². The summed E-state index contributed by atoms with van der Waals surface area (Å²) < 4.78 is 10.4. The first-order valence-corrected chi connectivity index (χ1v) is 7.50. The van der Waals surface area contributed by atoms with Gasteiger partial charge >= 0.3 is 5.97 Å². The molecule has 0 bridgehead atoms. The SMILES string of the molecule is COc1ccc([C@H]2C(C(C)=O)=C(O)C(=O)N2CCC(=O)O)cc1OC. The van der Waals surface area contributed by atoms with E-state index in [1.807, 2.05) is 0 Å². The minimum Gasteiger partial charge on any atom is -0.503 e. The molecule has 8 heteroatoms. The van der Waals surface area contributed by atoms with E-state index in [2.05, 4.69) is 0 Å². The van der Waals surface area contributed by atoms with E-state index in [-0.39, 0.29) is 18.5 Å². The number of carbonyl (C=O) groups is 3. The fourth-order valence-corrected chi connectivity index (χ4v) is 2.83. The van der Waals surface area contributed by atoms with E-state index in [0.29, 0.717) is 17.1 Å². The van der Waals surface area contributed by atoms with Gasteiger partial charge in [-0.05, 0) is 24.6 Å². The molecule has 1 heterocycles. The lowest BCUT2D eigenvalue weighted by atomic mass is 9.96. The first-order valence-electron chi connectivity index (χ1n) is 7.50. The van der Waals surface area contributed by atoms with Gasteiger partial charge in [0.2, 0.25) is 0 Å². The highest BCUT2D eigenvalue weighted by molar-refractivity contribution is 6.08. The van der Waals surface area contributed by atoms with Crippen molar-refractivity contribution in [2.75, 3.05) is 20.8 Å². The van der Waals surface area contributed by atoms with E-state index >= 15 is 0 Å². The first-order chi connectivity index (χ1) is 11.8. The molecule has 0 saturated carbocycles. The number of hydrogen-bond donors (Lipinski definition) is 2. The third-order valence-corrected chi connectivity index (χ3v) is 3.97. The number of carboxylic acids is 1. The Hall–Kier alpha value is -3.03. The molecule has 1 aliphatic heterocycles. The first kappa shape index (κ1) is 18.3. The van der Waals surface area contributed by atoms with Gasteiger partial charge in [0.05, 0.1) is 32.3 Å². The van der Waals surface area contributed by atoms with Gasteiger partial charge in [-0.25, -0.2) is 0 Å². The fraction of sp³-hybridized carbons (Fsp3) is 0.353.